The molecule has 1 aromatic rings. The molecule has 0 aliphatic carbocycles. The minimum Gasteiger partial charge on any atom is -0.273 e. The monoisotopic (exact) mass is 268 g/mol. The molecule has 2 rings (SSSR count). The molecular formula is C12H13ClN2OS. The van der Waals surface area contributed by atoms with Crippen molar-refractivity contribution in [1.82, 2.24) is 0 Å². The number of aliphatic imine (C=N–C) groups is 1. The second kappa shape index (κ2) is 5.10. The molecule has 5 heteroatoms. The molecule has 0 unspecified atom stereocenters. The van der Waals surface area contributed by atoms with Gasteiger partial charge in [-0.15, -0.1) is 0 Å². The van der Waals surface area contributed by atoms with E-state index < -0.39 is 0 Å². The van der Waals surface area contributed by atoms with Crippen LogP contribution in [0.1, 0.15) is 13.8 Å². The van der Waals surface area contributed by atoms with Crippen molar-refractivity contribution in [3.05, 3.63) is 29.3 Å². The van der Waals surface area contributed by atoms with Gasteiger partial charge < -0.3 is 0 Å². The minimum absolute atomic E-state index is 0.0525. The molecule has 1 aromatic carbocycles. The van der Waals surface area contributed by atoms with Crippen LogP contribution in [0.25, 0.3) is 0 Å². The highest BCUT2D eigenvalue weighted by molar-refractivity contribution is 8.15. The third-order valence-electron chi connectivity index (χ3n) is 2.20. The van der Waals surface area contributed by atoms with Gasteiger partial charge in [-0.25, -0.2) is 0 Å². The van der Waals surface area contributed by atoms with E-state index in [0.717, 1.165) is 10.9 Å². The van der Waals surface area contributed by atoms with E-state index in [1.165, 1.54) is 11.8 Å². The highest BCUT2D eigenvalue weighted by Crippen LogP contribution is 2.28. The topological polar surface area (TPSA) is 32.7 Å². The molecule has 1 heterocycles. The average molecular weight is 269 g/mol. The average Bonchev–Trinajstić information content (AvgIpc) is 2.59. The fraction of sp³-hybridized carbons (Fsp3) is 0.333. The SMILES string of the molecule is CC(C)N=C1SCC(=O)N1c1cccc(Cl)c1. The van der Waals surface area contributed by atoms with Crippen molar-refractivity contribution in [2.75, 3.05) is 10.7 Å². The fourth-order valence-electron chi connectivity index (χ4n) is 1.55. The normalized spacial score (nSPS) is 18.5. The van der Waals surface area contributed by atoms with Crippen molar-refractivity contribution < 1.29 is 4.79 Å². The predicted octanol–water partition coefficient (Wildman–Crippen LogP) is 3.18. The summed E-state index contributed by atoms with van der Waals surface area (Å²) in [6.45, 7) is 3.99. The molecule has 1 fully saturated rings. The molecule has 0 atom stereocenters. The summed E-state index contributed by atoms with van der Waals surface area (Å²) < 4.78 is 0. The van der Waals surface area contributed by atoms with E-state index in [0.29, 0.717) is 10.8 Å². The Morgan fingerprint density at radius 1 is 1.47 bits per heavy atom. The molecule has 0 saturated carbocycles. The van der Waals surface area contributed by atoms with E-state index >= 15 is 0 Å². The van der Waals surface area contributed by atoms with E-state index in [4.69, 9.17) is 11.6 Å². The van der Waals surface area contributed by atoms with Gasteiger partial charge in [-0.1, -0.05) is 29.4 Å². The number of hydrogen-bond donors (Lipinski definition) is 0. The largest absolute Gasteiger partial charge is 0.273 e. The molecule has 90 valence electrons. The Balaban J connectivity index is 2.37. The van der Waals surface area contributed by atoms with Gasteiger partial charge in [0.05, 0.1) is 11.4 Å². The number of rotatable bonds is 2. The molecule has 0 radical (unpaired) electrons. The molecule has 0 N–H and O–H groups in total. The molecule has 17 heavy (non-hydrogen) atoms. The van der Waals surface area contributed by atoms with Crippen LogP contribution in [-0.2, 0) is 4.79 Å². The van der Waals surface area contributed by atoms with Crippen LogP contribution in [0.15, 0.2) is 29.3 Å². The summed E-state index contributed by atoms with van der Waals surface area (Å²) in [7, 11) is 0. The standard InChI is InChI=1S/C12H13ClN2OS/c1-8(2)14-12-15(11(16)7-17-12)10-5-3-4-9(13)6-10/h3-6,8H,7H2,1-2H3. The second-order valence-corrected chi connectivity index (χ2v) is 5.38. The number of carbonyl (C=O) groups is 1. The van der Waals surface area contributed by atoms with Crippen molar-refractivity contribution in [2.24, 2.45) is 4.99 Å². The van der Waals surface area contributed by atoms with Crippen molar-refractivity contribution in [3.63, 3.8) is 0 Å². The van der Waals surface area contributed by atoms with E-state index in [1.807, 2.05) is 26.0 Å². The summed E-state index contributed by atoms with van der Waals surface area (Å²) in [5, 5.41) is 1.38. The van der Waals surface area contributed by atoms with Gasteiger partial charge in [-0.2, -0.15) is 0 Å². The molecule has 1 amide bonds. The lowest BCUT2D eigenvalue weighted by molar-refractivity contribution is -0.115. The van der Waals surface area contributed by atoms with Crippen molar-refractivity contribution >= 4 is 40.1 Å². The van der Waals surface area contributed by atoms with Crippen molar-refractivity contribution in [1.29, 1.82) is 0 Å². The zero-order valence-corrected chi connectivity index (χ0v) is 11.3. The van der Waals surface area contributed by atoms with Gasteiger partial charge in [-0.3, -0.25) is 14.7 Å². The maximum atomic E-state index is 11.9. The van der Waals surface area contributed by atoms with E-state index in [9.17, 15) is 4.79 Å². The second-order valence-electron chi connectivity index (χ2n) is 4.00. The number of thioether (sulfide) groups is 1. The highest BCUT2D eigenvalue weighted by Gasteiger charge is 2.29. The summed E-state index contributed by atoms with van der Waals surface area (Å²) >= 11 is 7.41. The quantitative estimate of drug-likeness (QED) is 0.825. The van der Waals surface area contributed by atoms with Gasteiger partial charge in [0.1, 0.15) is 0 Å². The summed E-state index contributed by atoms with van der Waals surface area (Å²) in [5.74, 6) is 0.495. The summed E-state index contributed by atoms with van der Waals surface area (Å²) in [6.07, 6.45) is 0. The Morgan fingerprint density at radius 3 is 2.88 bits per heavy atom. The molecular weight excluding hydrogens is 256 g/mol. The van der Waals surface area contributed by atoms with Crippen molar-refractivity contribution in [2.45, 2.75) is 19.9 Å². The Hall–Kier alpha value is -1.00. The van der Waals surface area contributed by atoms with Crippen LogP contribution in [0.5, 0.6) is 0 Å². The number of hydrogen-bond acceptors (Lipinski definition) is 3. The fourth-order valence-corrected chi connectivity index (χ4v) is 2.74. The van der Waals surface area contributed by atoms with Crippen LogP contribution < -0.4 is 4.90 Å². The molecule has 1 aliphatic heterocycles. The number of amidine groups is 1. The maximum absolute atomic E-state index is 11.9. The van der Waals surface area contributed by atoms with Crippen LogP contribution in [0, 0.1) is 0 Å². The Labute approximate surface area is 110 Å². The lowest BCUT2D eigenvalue weighted by Crippen LogP contribution is -2.29. The zero-order chi connectivity index (χ0) is 12.4. The Bertz CT molecular complexity index is 473. The Morgan fingerprint density at radius 2 is 2.24 bits per heavy atom. The van der Waals surface area contributed by atoms with E-state index in [2.05, 4.69) is 4.99 Å². The summed E-state index contributed by atoms with van der Waals surface area (Å²) in [4.78, 5) is 18.0. The maximum Gasteiger partial charge on any atom is 0.243 e. The predicted molar refractivity (Wildman–Crippen MR) is 74.0 cm³/mol. The van der Waals surface area contributed by atoms with Crippen LogP contribution in [0.4, 0.5) is 5.69 Å². The summed E-state index contributed by atoms with van der Waals surface area (Å²) in [5.41, 5.74) is 0.784. The number of amides is 1. The number of halogens is 1. The zero-order valence-electron chi connectivity index (χ0n) is 9.68. The van der Waals surface area contributed by atoms with Crippen LogP contribution >= 0.6 is 23.4 Å². The first-order chi connectivity index (χ1) is 8.08. The number of carbonyl (C=O) groups excluding carboxylic acids is 1. The van der Waals surface area contributed by atoms with Gasteiger partial charge in [-0.05, 0) is 32.0 Å². The first-order valence-corrected chi connectivity index (χ1v) is 6.73. The number of benzene rings is 1. The minimum atomic E-state index is 0.0525. The lowest BCUT2D eigenvalue weighted by atomic mass is 10.3. The van der Waals surface area contributed by atoms with Crippen LogP contribution in [0.2, 0.25) is 5.02 Å². The third kappa shape index (κ3) is 2.82. The van der Waals surface area contributed by atoms with Crippen molar-refractivity contribution in [3.8, 4) is 0 Å². The third-order valence-corrected chi connectivity index (χ3v) is 3.37. The first-order valence-electron chi connectivity index (χ1n) is 5.37. The van der Waals surface area contributed by atoms with E-state index in [1.54, 1.807) is 17.0 Å². The smallest absolute Gasteiger partial charge is 0.243 e. The highest BCUT2D eigenvalue weighted by atomic mass is 35.5. The van der Waals surface area contributed by atoms with Gasteiger partial charge in [0.15, 0.2) is 5.17 Å². The molecule has 0 aromatic heterocycles. The summed E-state index contributed by atoms with van der Waals surface area (Å²) in [6, 6.07) is 7.44. The molecule has 1 saturated heterocycles. The molecule has 3 nitrogen and oxygen atoms in total. The number of anilines is 1. The molecule has 0 spiro atoms. The van der Waals surface area contributed by atoms with Gasteiger partial charge in [0.25, 0.3) is 0 Å². The Kier molecular flexibility index (Phi) is 3.74. The van der Waals surface area contributed by atoms with Crippen LogP contribution in [0.3, 0.4) is 0 Å². The van der Waals surface area contributed by atoms with Gasteiger partial charge >= 0.3 is 0 Å². The van der Waals surface area contributed by atoms with E-state index in [-0.39, 0.29) is 11.9 Å². The molecule has 1 aliphatic rings. The molecule has 0 bridgehead atoms. The van der Waals surface area contributed by atoms with Gasteiger partial charge in [0.2, 0.25) is 5.91 Å². The van der Waals surface area contributed by atoms with Gasteiger partial charge in [0, 0.05) is 11.1 Å². The number of nitrogens with zero attached hydrogens (tertiary/aromatic N) is 2. The first kappa shape index (κ1) is 12.5. The van der Waals surface area contributed by atoms with Crippen LogP contribution in [-0.4, -0.2) is 22.9 Å². The lowest BCUT2D eigenvalue weighted by Gasteiger charge is -2.16.